The van der Waals surface area contributed by atoms with Crippen molar-refractivity contribution in [2.45, 2.75) is 39.2 Å². The summed E-state index contributed by atoms with van der Waals surface area (Å²) in [5.41, 5.74) is 7.04. The Morgan fingerprint density at radius 1 is 1.26 bits per heavy atom. The number of carbonyl (C=O) groups is 1. The van der Waals surface area contributed by atoms with Crippen molar-refractivity contribution in [2.75, 3.05) is 19.8 Å². The normalized spacial score (nSPS) is 18.3. The van der Waals surface area contributed by atoms with Crippen LogP contribution < -0.4 is 11.1 Å². The van der Waals surface area contributed by atoms with Crippen molar-refractivity contribution in [1.29, 1.82) is 0 Å². The highest BCUT2D eigenvalue weighted by molar-refractivity contribution is 5.97. The fourth-order valence-electron chi connectivity index (χ4n) is 2.57. The highest BCUT2D eigenvalue weighted by Crippen LogP contribution is 2.24. The molecule has 0 saturated carbocycles. The summed E-state index contributed by atoms with van der Waals surface area (Å²) in [6.07, 6.45) is 1.51. The van der Waals surface area contributed by atoms with Gasteiger partial charge in [0.15, 0.2) is 0 Å². The maximum Gasteiger partial charge on any atom is 0.255 e. The molecule has 1 aromatic rings. The van der Waals surface area contributed by atoms with E-state index >= 15 is 0 Å². The Balaban J connectivity index is 2.20. The lowest BCUT2D eigenvalue weighted by molar-refractivity contribution is 0.0388. The molecule has 0 aromatic carbocycles. The van der Waals surface area contributed by atoms with Crippen molar-refractivity contribution in [1.82, 2.24) is 5.32 Å². The van der Waals surface area contributed by atoms with E-state index in [4.69, 9.17) is 14.9 Å². The number of furan rings is 1. The smallest absolute Gasteiger partial charge is 0.255 e. The molecule has 1 aliphatic rings. The molecule has 3 N–H and O–H groups in total. The Morgan fingerprint density at radius 2 is 1.89 bits per heavy atom. The molecule has 0 bridgehead atoms. The minimum Gasteiger partial charge on any atom is -0.466 e. The molecule has 1 saturated heterocycles. The number of nitrogens with two attached hydrogens (primary N) is 1. The number of nitrogens with one attached hydrogen (secondary N) is 1. The average Bonchev–Trinajstić information content (AvgIpc) is 2.64. The van der Waals surface area contributed by atoms with Gasteiger partial charge in [-0.3, -0.25) is 4.79 Å². The van der Waals surface area contributed by atoms with Crippen LogP contribution in [0.4, 0.5) is 0 Å². The van der Waals surface area contributed by atoms with Crippen molar-refractivity contribution in [3.05, 3.63) is 22.6 Å². The second kappa shape index (κ2) is 5.35. The predicted molar refractivity (Wildman–Crippen MR) is 72.2 cm³/mol. The van der Waals surface area contributed by atoms with Gasteiger partial charge < -0.3 is 20.2 Å². The molecule has 106 valence electrons. The van der Waals surface area contributed by atoms with Crippen LogP contribution in [0.3, 0.4) is 0 Å². The molecule has 5 nitrogen and oxygen atoms in total. The van der Waals surface area contributed by atoms with Crippen LogP contribution in [0, 0.1) is 20.8 Å². The van der Waals surface area contributed by atoms with Crippen LogP contribution in [0.2, 0.25) is 0 Å². The third kappa shape index (κ3) is 2.67. The maximum absolute atomic E-state index is 12.5. The molecule has 19 heavy (non-hydrogen) atoms. The molecule has 0 unspecified atom stereocenters. The van der Waals surface area contributed by atoms with Gasteiger partial charge in [-0.1, -0.05) is 0 Å². The molecule has 1 fully saturated rings. The number of hydrogen-bond donors (Lipinski definition) is 2. The third-order valence-corrected chi connectivity index (χ3v) is 4.01. The van der Waals surface area contributed by atoms with E-state index in [-0.39, 0.29) is 11.4 Å². The maximum atomic E-state index is 12.5. The summed E-state index contributed by atoms with van der Waals surface area (Å²) in [6, 6.07) is 0. The lowest BCUT2D eigenvalue weighted by atomic mass is 9.89. The Labute approximate surface area is 113 Å². The Hall–Kier alpha value is -1.33. The largest absolute Gasteiger partial charge is 0.466 e. The Kier molecular flexibility index (Phi) is 3.96. The molecule has 0 radical (unpaired) electrons. The predicted octanol–water partition coefficient (Wildman–Crippen LogP) is 1.44. The lowest BCUT2D eigenvalue weighted by Gasteiger charge is -2.36. The second-order valence-electron chi connectivity index (χ2n) is 5.27. The van der Waals surface area contributed by atoms with Crippen molar-refractivity contribution < 1.29 is 13.9 Å². The third-order valence-electron chi connectivity index (χ3n) is 4.01. The van der Waals surface area contributed by atoms with E-state index < -0.39 is 0 Å². The first-order valence-corrected chi connectivity index (χ1v) is 6.66. The fraction of sp³-hybridized carbons (Fsp3) is 0.643. The van der Waals surface area contributed by atoms with Gasteiger partial charge in [-0.05, 0) is 33.6 Å². The van der Waals surface area contributed by atoms with Gasteiger partial charge in [0.25, 0.3) is 5.91 Å². The summed E-state index contributed by atoms with van der Waals surface area (Å²) in [5, 5.41) is 3.09. The van der Waals surface area contributed by atoms with Crippen molar-refractivity contribution in [2.24, 2.45) is 5.73 Å². The van der Waals surface area contributed by atoms with Gasteiger partial charge in [-0.15, -0.1) is 0 Å². The zero-order valence-corrected chi connectivity index (χ0v) is 11.8. The van der Waals surface area contributed by atoms with Crippen LogP contribution in [0.1, 0.15) is 40.3 Å². The van der Waals surface area contributed by atoms with Crippen LogP contribution in [-0.4, -0.2) is 31.2 Å². The summed E-state index contributed by atoms with van der Waals surface area (Å²) in [6.45, 7) is 7.29. The number of carbonyl (C=O) groups excluding carboxylic acids is 1. The molecule has 1 aliphatic heterocycles. The average molecular weight is 266 g/mol. The van der Waals surface area contributed by atoms with E-state index in [9.17, 15) is 4.79 Å². The summed E-state index contributed by atoms with van der Waals surface area (Å²) < 4.78 is 10.8. The van der Waals surface area contributed by atoms with Gasteiger partial charge in [0.2, 0.25) is 0 Å². The number of ether oxygens (including phenoxy) is 1. The van der Waals surface area contributed by atoms with Crippen molar-refractivity contribution >= 4 is 5.91 Å². The minimum absolute atomic E-state index is 0.0980. The lowest BCUT2D eigenvalue weighted by Crippen LogP contribution is -2.56. The van der Waals surface area contributed by atoms with E-state index in [2.05, 4.69) is 5.32 Å². The standard InChI is InChI=1S/C14H22N2O3/c1-9-10(2)19-11(3)12(9)13(17)16-14(8-15)4-6-18-7-5-14/h4-8,15H2,1-3H3,(H,16,17). The van der Waals surface area contributed by atoms with E-state index in [0.717, 1.165) is 24.2 Å². The van der Waals surface area contributed by atoms with Crippen LogP contribution in [0.15, 0.2) is 4.42 Å². The summed E-state index contributed by atoms with van der Waals surface area (Å²) >= 11 is 0. The highest BCUT2D eigenvalue weighted by Gasteiger charge is 2.34. The molecular formula is C14H22N2O3. The fourth-order valence-corrected chi connectivity index (χ4v) is 2.57. The molecule has 1 amide bonds. The van der Waals surface area contributed by atoms with E-state index in [1.165, 1.54) is 0 Å². The monoisotopic (exact) mass is 266 g/mol. The molecule has 2 heterocycles. The van der Waals surface area contributed by atoms with E-state index in [1.807, 2.05) is 20.8 Å². The summed E-state index contributed by atoms with van der Waals surface area (Å²) in [5.74, 6) is 1.35. The van der Waals surface area contributed by atoms with Gasteiger partial charge in [0.05, 0.1) is 11.1 Å². The van der Waals surface area contributed by atoms with Gasteiger partial charge in [0, 0.05) is 25.3 Å². The number of rotatable bonds is 3. The molecule has 2 rings (SSSR count). The SMILES string of the molecule is Cc1oc(C)c(C(=O)NC2(CN)CCOCC2)c1C. The van der Waals surface area contributed by atoms with Gasteiger partial charge in [0.1, 0.15) is 11.5 Å². The number of amides is 1. The Morgan fingerprint density at radius 3 is 2.37 bits per heavy atom. The zero-order valence-electron chi connectivity index (χ0n) is 11.8. The summed E-state index contributed by atoms with van der Waals surface area (Å²) in [4.78, 5) is 12.5. The zero-order chi connectivity index (χ0) is 14.0. The molecule has 5 heteroatoms. The molecule has 1 aromatic heterocycles. The molecular weight excluding hydrogens is 244 g/mol. The van der Waals surface area contributed by atoms with Gasteiger partial charge in [-0.2, -0.15) is 0 Å². The van der Waals surface area contributed by atoms with E-state index in [1.54, 1.807) is 0 Å². The van der Waals surface area contributed by atoms with Crippen LogP contribution in [-0.2, 0) is 4.74 Å². The quantitative estimate of drug-likeness (QED) is 0.868. The molecule has 0 aliphatic carbocycles. The van der Waals surface area contributed by atoms with Crippen molar-refractivity contribution in [3.63, 3.8) is 0 Å². The van der Waals surface area contributed by atoms with Gasteiger partial charge in [-0.25, -0.2) is 0 Å². The minimum atomic E-state index is -0.348. The first-order chi connectivity index (χ1) is 8.99. The topological polar surface area (TPSA) is 77.5 Å². The number of hydrogen-bond acceptors (Lipinski definition) is 4. The van der Waals surface area contributed by atoms with E-state index in [0.29, 0.717) is 31.1 Å². The Bertz CT molecular complexity index is 473. The van der Waals surface area contributed by atoms with Crippen LogP contribution in [0.25, 0.3) is 0 Å². The van der Waals surface area contributed by atoms with Crippen LogP contribution >= 0.6 is 0 Å². The first kappa shape index (κ1) is 14.1. The van der Waals surface area contributed by atoms with Crippen LogP contribution in [0.5, 0.6) is 0 Å². The second-order valence-corrected chi connectivity index (χ2v) is 5.27. The van der Waals surface area contributed by atoms with Crippen molar-refractivity contribution in [3.8, 4) is 0 Å². The summed E-state index contributed by atoms with van der Waals surface area (Å²) in [7, 11) is 0. The molecule has 0 spiro atoms. The molecule has 0 atom stereocenters. The van der Waals surface area contributed by atoms with Gasteiger partial charge >= 0.3 is 0 Å². The first-order valence-electron chi connectivity index (χ1n) is 6.66. The highest BCUT2D eigenvalue weighted by atomic mass is 16.5. The number of aryl methyl sites for hydroxylation is 2.